The van der Waals surface area contributed by atoms with Crippen LogP contribution in [0.3, 0.4) is 0 Å². The van der Waals surface area contributed by atoms with E-state index < -0.39 is 6.09 Å². The lowest BCUT2D eigenvalue weighted by atomic mass is 9.81. The van der Waals surface area contributed by atoms with Gasteiger partial charge in [0.2, 0.25) is 0 Å². The van der Waals surface area contributed by atoms with Gasteiger partial charge in [-0.05, 0) is 29.5 Å². The van der Waals surface area contributed by atoms with Crippen molar-refractivity contribution >= 4 is 17.8 Å². The van der Waals surface area contributed by atoms with Crippen LogP contribution in [-0.2, 0) is 32.2 Å². The van der Waals surface area contributed by atoms with Gasteiger partial charge in [-0.1, -0.05) is 60.7 Å². The Morgan fingerprint density at radius 3 is 2.31 bits per heavy atom. The first-order valence-electron chi connectivity index (χ1n) is 12.1. The van der Waals surface area contributed by atoms with Gasteiger partial charge in [0.15, 0.2) is 5.78 Å². The van der Waals surface area contributed by atoms with Crippen LogP contribution < -0.4 is 0 Å². The average molecular weight is 477 g/mol. The molecular formula is C28H32N2O5. The molecule has 0 aromatic heterocycles. The first kappa shape index (κ1) is 24.5. The molecule has 0 bridgehead atoms. The number of rotatable bonds is 7. The van der Waals surface area contributed by atoms with E-state index in [1.807, 2.05) is 54.7 Å². The fourth-order valence-electron chi connectivity index (χ4n) is 4.92. The molecule has 0 saturated carbocycles. The Kier molecular flexibility index (Phi) is 8.19. The number of piperidine rings is 1. The molecule has 2 aliphatic heterocycles. The average Bonchev–Trinajstić information content (AvgIpc) is 2.88. The van der Waals surface area contributed by atoms with Crippen molar-refractivity contribution in [1.29, 1.82) is 0 Å². The van der Waals surface area contributed by atoms with Crippen molar-refractivity contribution in [3.05, 3.63) is 84.1 Å². The second-order valence-corrected chi connectivity index (χ2v) is 9.32. The van der Waals surface area contributed by atoms with E-state index in [-0.39, 0.29) is 42.8 Å². The monoisotopic (exact) mass is 476 g/mol. The summed E-state index contributed by atoms with van der Waals surface area (Å²) in [6.07, 6.45) is 4.26. The van der Waals surface area contributed by atoms with Crippen molar-refractivity contribution in [3.8, 4) is 0 Å². The van der Waals surface area contributed by atoms with Crippen LogP contribution in [0, 0.1) is 11.8 Å². The van der Waals surface area contributed by atoms with E-state index >= 15 is 0 Å². The number of amides is 1. The van der Waals surface area contributed by atoms with Crippen LogP contribution in [0.5, 0.6) is 0 Å². The van der Waals surface area contributed by atoms with Gasteiger partial charge in [0, 0.05) is 51.1 Å². The summed E-state index contributed by atoms with van der Waals surface area (Å²) in [4.78, 5) is 40.8. The third-order valence-electron chi connectivity index (χ3n) is 6.60. The first-order valence-corrected chi connectivity index (χ1v) is 12.1. The molecule has 0 aliphatic carbocycles. The van der Waals surface area contributed by atoms with Crippen molar-refractivity contribution < 1.29 is 23.9 Å². The van der Waals surface area contributed by atoms with Gasteiger partial charge in [-0.25, -0.2) is 4.79 Å². The molecule has 4 rings (SSSR count). The largest absolute Gasteiger partial charge is 0.466 e. The quantitative estimate of drug-likeness (QED) is 0.558. The topological polar surface area (TPSA) is 76.2 Å². The van der Waals surface area contributed by atoms with Crippen molar-refractivity contribution in [3.63, 3.8) is 0 Å². The Bertz CT molecular complexity index is 1040. The first-order chi connectivity index (χ1) is 17.0. The molecule has 1 fully saturated rings. The molecule has 2 aromatic carbocycles. The molecule has 35 heavy (non-hydrogen) atoms. The van der Waals surface area contributed by atoms with Crippen molar-refractivity contribution in [2.45, 2.75) is 39.0 Å². The van der Waals surface area contributed by atoms with E-state index in [1.54, 1.807) is 11.0 Å². The smallest absolute Gasteiger partial charge is 0.410 e. The summed E-state index contributed by atoms with van der Waals surface area (Å²) in [5.74, 6) is -0.251. The Hall–Kier alpha value is -3.61. The summed E-state index contributed by atoms with van der Waals surface area (Å²) in [6, 6.07) is 19.6. The zero-order chi connectivity index (χ0) is 24.6. The van der Waals surface area contributed by atoms with E-state index in [4.69, 9.17) is 9.47 Å². The number of benzene rings is 2. The molecule has 7 heteroatoms. The summed E-state index contributed by atoms with van der Waals surface area (Å²) in [5, 5.41) is 0. The van der Waals surface area contributed by atoms with Crippen LogP contribution in [0.25, 0.3) is 0 Å². The molecule has 7 nitrogen and oxygen atoms in total. The highest BCUT2D eigenvalue weighted by Crippen LogP contribution is 2.32. The van der Waals surface area contributed by atoms with Crippen LogP contribution in [0.1, 0.15) is 30.9 Å². The third-order valence-corrected chi connectivity index (χ3v) is 6.60. The lowest BCUT2D eigenvalue weighted by Gasteiger charge is -2.44. The summed E-state index contributed by atoms with van der Waals surface area (Å²) >= 11 is 0. The van der Waals surface area contributed by atoms with Gasteiger partial charge in [-0.15, -0.1) is 0 Å². The van der Waals surface area contributed by atoms with Crippen molar-refractivity contribution in [2.75, 3.05) is 19.7 Å². The van der Waals surface area contributed by atoms with Gasteiger partial charge in [0.25, 0.3) is 0 Å². The maximum atomic E-state index is 13.0. The number of carbonyl (C=O) groups is 3. The van der Waals surface area contributed by atoms with E-state index in [1.165, 1.54) is 6.92 Å². The summed E-state index contributed by atoms with van der Waals surface area (Å²) < 4.78 is 10.9. The number of hydrogen-bond donors (Lipinski definition) is 0. The van der Waals surface area contributed by atoms with E-state index in [0.29, 0.717) is 26.1 Å². The minimum atomic E-state index is -0.390. The van der Waals surface area contributed by atoms with Gasteiger partial charge >= 0.3 is 12.1 Å². The molecule has 2 aliphatic rings. The molecule has 2 aromatic rings. The Morgan fingerprint density at radius 2 is 1.63 bits per heavy atom. The minimum Gasteiger partial charge on any atom is -0.466 e. The molecule has 1 saturated heterocycles. The number of ketones is 1. The van der Waals surface area contributed by atoms with Gasteiger partial charge in [-0.3, -0.25) is 9.59 Å². The normalized spacial score (nSPS) is 22.1. The molecule has 2 heterocycles. The summed E-state index contributed by atoms with van der Waals surface area (Å²) in [5.41, 5.74) is 2.07. The van der Waals surface area contributed by atoms with Gasteiger partial charge < -0.3 is 19.3 Å². The van der Waals surface area contributed by atoms with Gasteiger partial charge in [0.1, 0.15) is 6.61 Å². The lowest BCUT2D eigenvalue weighted by molar-refractivity contribution is -0.143. The predicted octanol–water partition coefficient (Wildman–Crippen LogP) is 4.18. The maximum Gasteiger partial charge on any atom is 0.410 e. The van der Waals surface area contributed by atoms with Crippen LogP contribution in [0.4, 0.5) is 4.79 Å². The highest BCUT2D eigenvalue weighted by molar-refractivity contribution is 5.90. The van der Waals surface area contributed by atoms with Crippen LogP contribution in [0.15, 0.2) is 72.9 Å². The molecule has 0 spiro atoms. The van der Waals surface area contributed by atoms with Gasteiger partial charge in [0.05, 0.1) is 6.61 Å². The zero-order valence-electron chi connectivity index (χ0n) is 20.0. The highest BCUT2D eigenvalue weighted by atomic mass is 16.6. The van der Waals surface area contributed by atoms with Crippen LogP contribution in [0.2, 0.25) is 0 Å². The SMILES string of the molecule is CC(=O)OC[C@@H]1C[C@H]([C@@H]2CC(=O)C=CN2Cc2ccccc2)CN(C(=O)OCc2ccccc2)C1. The molecule has 1 amide bonds. The van der Waals surface area contributed by atoms with Crippen molar-refractivity contribution in [1.82, 2.24) is 9.80 Å². The van der Waals surface area contributed by atoms with Crippen LogP contribution >= 0.6 is 0 Å². The standard InChI is InChI=1S/C28H32N2O5/c1-21(31)34-20-24-14-25(18-30(17-24)28(33)35-19-23-10-6-3-7-11-23)27-15-26(32)12-13-29(27)16-22-8-4-2-5-9-22/h2-13,24-25,27H,14-20H2,1H3/t24-,25+,27+/m1/s1. The summed E-state index contributed by atoms with van der Waals surface area (Å²) in [6.45, 7) is 3.44. The number of esters is 1. The van der Waals surface area contributed by atoms with Gasteiger partial charge in [-0.2, -0.15) is 0 Å². The Labute approximate surface area is 206 Å². The molecular weight excluding hydrogens is 444 g/mol. The molecule has 3 atom stereocenters. The second kappa shape index (κ2) is 11.7. The lowest BCUT2D eigenvalue weighted by Crippen LogP contribution is -2.52. The zero-order valence-corrected chi connectivity index (χ0v) is 20.0. The minimum absolute atomic E-state index is 0.0264. The van der Waals surface area contributed by atoms with Crippen LogP contribution in [-0.4, -0.2) is 53.4 Å². The number of likely N-dealkylation sites (tertiary alicyclic amines) is 1. The number of ether oxygens (including phenoxy) is 2. The number of allylic oxidation sites excluding steroid dienone is 1. The second-order valence-electron chi connectivity index (χ2n) is 9.32. The molecule has 0 N–H and O–H groups in total. The van der Waals surface area contributed by atoms with Crippen molar-refractivity contribution in [2.24, 2.45) is 11.8 Å². The fourth-order valence-corrected chi connectivity index (χ4v) is 4.92. The van der Waals surface area contributed by atoms with E-state index in [0.717, 1.165) is 17.5 Å². The number of carbonyl (C=O) groups excluding carboxylic acids is 3. The number of hydrogen-bond acceptors (Lipinski definition) is 6. The van der Waals surface area contributed by atoms with E-state index in [9.17, 15) is 14.4 Å². The molecule has 184 valence electrons. The highest BCUT2D eigenvalue weighted by Gasteiger charge is 2.38. The fraction of sp³-hybridized carbons (Fsp3) is 0.393. The maximum absolute atomic E-state index is 13.0. The summed E-state index contributed by atoms with van der Waals surface area (Å²) in [7, 11) is 0. The molecule has 0 unspecified atom stereocenters. The van der Waals surface area contributed by atoms with E-state index in [2.05, 4.69) is 17.0 Å². The third kappa shape index (κ3) is 6.94. The Balaban J connectivity index is 1.49. The number of nitrogens with zero attached hydrogens (tertiary/aromatic N) is 2. The predicted molar refractivity (Wildman–Crippen MR) is 131 cm³/mol. The Morgan fingerprint density at radius 1 is 0.943 bits per heavy atom. The molecule has 0 radical (unpaired) electrons.